The number of carbonyl (C=O) groups excluding carboxylic acids is 5. The van der Waals surface area contributed by atoms with Gasteiger partial charge in [0, 0.05) is 19.5 Å². The van der Waals surface area contributed by atoms with Gasteiger partial charge in [0.05, 0.1) is 30.7 Å². The normalized spacial score (nSPS) is 29.7. The number of aryl methyl sites for hydroxylation is 1. The zero-order chi connectivity index (χ0) is 37.8. The van der Waals surface area contributed by atoms with Gasteiger partial charge >= 0.3 is 12.1 Å². The van der Waals surface area contributed by atoms with Gasteiger partial charge in [-0.3, -0.25) is 28.8 Å². The first kappa shape index (κ1) is 38.1. The molecule has 2 saturated carbocycles. The molecule has 286 valence electrons. The van der Waals surface area contributed by atoms with Crippen LogP contribution in [0.1, 0.15) is 110 Å². The van der Waals surface area contributed by atoms with Crippen LogP contribution in [0.5, 0.6) is 0 Å². The van der Waals surface area contributed by atoms with Crippen LogP contribution in [0.15, 0.2) is 18.2 Å². The number of cyclic esters (lactones) is 1. The fourth-order valence-corrected chi connectivity index (χ4v) is 9.40. The van der Waals surface area contributed by atoms with Gasteiger partial charge in [0.15, 0.2) is 0 Å². The van der Waals surface area contributed by atoms with Crippen LogP contribution in [0.3, 0.4) is 0 Å². The lowest BCUT2D eigenvalue weighted by molar-refractivity contribution is -0.155. The Morgan fingerprint density at radius 1 is 1.06 bits per heavy atom. The summed E-state index contributed by atoms with van der Waals surface area (Å²) in [6.07, 6.45) is 2.58. The monoisotopic (exact) mass is 742 g/mol. The minimum atomic E-state index is -3.87. The van der Waals surface area contributed by atoms with Crippen LogP contribution in [-0.2, 0) is 58.2 Å². The molecule has 0 unspecified atom stereocenters. The van der Waals surface area contributed by atoms with E-state index in [2.05, 4.69) is 16.1 Å². The van der Waals surface area contributed by atoms with Crippen molar-refractivity contribution in [3.63, 3.8) is 0 Å². The van der Waals surface area contributed by atoms with E-state index in [1.807, 2.05) is 53.7 Å². The summed E-state index contributed by atoms with van der Waals surface area (Å²) >= 11 is 0. The zero-order valence-corrected chi connectivity index (χ0v) is 32.1. The second-order valence-electron chi connectivity index (χ2n) is 17.4. The Kier molecular flexibility index (Phi) is 10.2. The van der Waals surface area contributed by atoms with Gasteiger partial charge in [0.25, 0.3) is 5.91 Å². The minimum Gasteiger partial charge on any atom is -0.465 e. The van der Waals surface area contributed by atoms with Gasteiger partial charge in [-0.05, 0) is 72.0 Å². The summed E-state index contributed by atoms with van der Waals surface area (Å²) in [4.78, 5) is 72.3. The molecule has 14 heteroatoms. The summed E-state index contributed by atoms with van der Waals surface area (Å²) in [6.45, 7) is 12.4. The minimum absolute atomic E-state index is 0.0281. The molecule has 2 aliphatic carbocycles. The van der Waals surface area contributed by atoms with Crippen molar-refractivity contribution >= 4 is 39.8 Å². The number of rotatable bonds is 6. The van der Waals surface area contributed by atoms with Gasteiger partial charge in [-0.25, -0.2) is 13.2 Å². The molecule has 1 aromatic rings. The number of ether oxygens (including phenoxy) is 2. The summed E-state index contributed by atoms with van der Waals surface area (Å²) in [5, 5.41) is 2.22. The number of fused-ring (bicyclic) bond motifs is 3. The molecule has 3 fully saturated rings. The van der Waals surface area contributed by atoms with Gasteiger partial charge in [0.2, 0.25) is 21.8 Å². The maximum Gasteiger partial charge on any atom is 0.410 e. The Labute approximate surface area is 306 Å². The van der Waals surface area contributed by atoms with Crippen molar-refractivity contribution in [1.82, 2.24) is 19.8 Å². The lowest BCUT2D eigenvalue weighted by Crippen LogP contribution is -2.57. The molecule has 6 rings (SSSR count). The third-order valence-electron chi connectivity index (χ3n) is 11.6. The van der Waals surface area contributed by atoms with Crippen molar-refractivity contribution in [3.8, 4) is 0 Å². The molecular weight excluding hydrogens is 689 g/mol. The Morgan fingerprint density at radius 3 is 2.42 bits per heavy atom. The van der Waals surface area contributed by atoms with Crippen molar-refractivity contribution in [1.29, 1.82) is 0 Å². The number of nitrogens with one attached hydrogen (secondary N) is 2. The molecule has 2 N–H and O–H groups in total. The SMILES string of the molecule is CC[C@@H]1C[C@]1(NC(=O)[C@@H]1C[C@@H]2CN1C(=O)[C@H](C(C)(C)C)CC(=O)OCC(C)(C)CCCc1cccc3c1CN(C3)C(=O)O2)C(=O)NS(=O)(=O)C1CC1. The topological polar surface area (TPSA) is 168 Å². The molecule has 52 heavy (non-hydrogen) atoms. The molecular formula is C38H54N4O9S. The highest BCUT2D eigenvalue weighted by atomic mass is 32.2. The van der Waals surface area contributed by atoms with E-state index >= 15 is 0 Å². The van der Waals surface area contributed by atoms with Crippen LogP contribution in [0.25, 0.3) is 0 Å². The fraction of sp³-hybridized carbons (Fsp3) is 0.711. The molecule has 3 heterocycles. The average Bonchev–Trinajstić information content (AvgIpc) is 3.95. The van der Waals surface area contributed by atoms with Crippen molar-refractivity contribution < 1.29 is 41.9 Å². The highest BCUT2D eigenvalue weighted by Gasteiger charge is 2.62. The maximum absolute atomic E-state index is 14.5. The molecule has 5 aliphatic rings. The fourth-order valence-electron chi connectivity index (χ4n) is 8.04. The molecule has 3 aliphatic heterocycles. The summed E-state index contributed by atoms with van der Waals surface area (Å²) < 4.78 is 39.4. The number of sulfonamides is 1. The van der Waals surface area contributed by atoms with Crippen LogP contribution in [0.2, 0.25) is 0 Å². The van der Waals surface area contributed by atoms with E-state index in [9.17, 15) is 32.4 Å². The molecule has 5 atom stereocenters. The van der Waals surface area contributed by atoms with Gasteiger partial charge in [0.1, 0.15) is 17.7 Å². The Balaban J connectivity index is 1.28. The zero-order valence-electron chi connectivity index (χ0n) is 31.3. The summed E-state index contributed by atoms with van der Waals surface area (Å²) in [5.41, 5.74) is 0.847. The Hall–Kier alpha value is -3.68. The molecule has 0 radical (unpaired) electrons. The number of hydrogen-bond acceptors (Lipinski definition) is 9. The number of amides is 4. The predicted molar refractivity (Wildman–Crippen MR) is 191 cm³/mol. The van der Waals surface area contributed by atoms with Crippen LogP contribution in [0, 0.1) is 22.7 Å². The summed E-state index contributed by atoms with van der Waals surface area (Å²) in [7, 11) is -3.87. The quantitative estimate of drug-likeness (QED) is 0.410. The lowest BCUT2D eigenvalue weighted by Gasteiger charge is -2.35. The van der Waals surface area contributed by atoms with Gasteiger partial charge in [-0.15, -0.1) is 0 Å². The van der Waals surface area contributed by atoms with E-state index in [0.717, 1.165) is 36.0 Å². The highest BCUT2D eigenvalue weighted by Crippen LogP contribution is 2.47. The smallest absolute Gasteiger partial charge is 0.410 e. The molecule has 1 aromatic carbocycles. The third kappa shape index (κ3) is 7.96. The van der Waals surface area contributed by atoms with Crippen LogP contribution >= 0.6 is 0 Å². The van der Waals surface area contributed by atoms with E-state index in [0.29, 0.717) is 32.4 Å². The summed E-state index contributed by atoms with van der Waals surface area (Å²) in [5.74, 6) is -3.56. The van der Waals surface area contributed by atoms with Crippen molar-refractivity contribution in [2.24, 2.45) is 22.7 Å². The lowest BCUT2D eigenvalue weighted by atomic mass is 9.77. The second kappa shape index (κ2) is 13.9. The standard InChI is InChI=1S/C38H54N4O9S/c1-7-25-18-38(25,34(46)40-52(48,49)27-13-14-27)39-32(44)30-16-26-20-42(30)33(45)29(36(2,3)4)17-31(43)50-22-37(5,6)15-9-12-23-10-8-11-24-19-41(21-28(23)24)35(47)51-26/h8,10-11,25-27,29-30H,7,9,12-22H2,1-6H3,(H,39,44)(H,40,46)/t25-,26-,29-,30+,38-/m1/s1. The number of nitrogens with zero attached hydrogens (tertiary/aromatic N) is 2. The highest BCUT2D eigenvalue weighted by molar-refractivity contribution is 7.91. The van der Waals surface area contributed by atoms with Crippen molar-refractivity contribution in [2.75, 3.05) is 13.2 Å². The number of carbonyl (C=O) groups is 5. The first-order valence-corrected chi connectivity index (χ1v) is 20.3. The van der Waals surface area contributed by atoms with Gasteiger partial charge < -0.3 is 19.7 Å². The second-order valence-corrected chi connectivity index (χ2v) is 19.4. The average molecular weight is 743 g/mol. The first-order chi connectivity index (χ1) is 24.3. The summed E-state index contributed by atoms with van der Waals surface area (Å²) in [6, 6.07) is 4.94. The molecule has 0 aromatic heterocycles. The molecule has 13 nitrogen and oxygen atoms in total. The van der Waals surface area contributed by atoms with E-state index < -0.39 is 74.1 Å². The third-order valence-corrected chi connectivity index (χ3v) is 13.5. The van der Waals surface area contributed by atoms with E-state index in [4.69, 9.17) is 9.47 Å². The van der Waals surface area contributed by atoms with Gasteiger partial charge in [-0.2, -0.15) is 0 Å². The van der Waals surface area contributed by atoms with Crippen LogP contribution in [0.4, 0.5) is 4.79 Å². The van der Waals surface area contributed by atoms with Crippen molar-refractivity contribution in [2.45, 2.75) is 135 Å². The van der Waals surface area contributed by atoms with Gasteiger partial charge in [-0.1, -0.05) is 66.2 Å². The van der Waals surface area contributed by atoms with Crippen LogP contribution < -0.4 is 10.0 Å². The van der Waals surface area contributed by atoms with E-state index in [1.54, 1.807) is 4.90 Å². The number of esters is 1. The molecule has 4 bridgehead atoms. The molecule has 1 saturated heterocycles. The molecule has 4 amide bonds. The predicted octanol–water partition coefficient (Wildman–Crippen LogP) is 3.96. The van der Waals surface area contributed by atoms with Crippen LogP contribution in [-0.4, -0.2) is 84.1 Å². The molecule has 0 spiro atoms. The van der Waals surface area contributed by atoms with E-state index in [1.165, 1.54) is 4.90 Å². The number of benzene rings is 1. The Bertz CT molecular complexity index is 1730. The largest absolute Gasteiger partial charge is 0.465 e. The first-order valence-electron chi connectivity index (χ1n) is 18.7. The number of hydrogen-bond donors (Lipinski definition) is 2. The Morgan fingerprint density at radius 2 is 1.77 bits per heavy atom. The van der Waals surface area contributed by atoms with Crippen molar-refractivity contribution in [3.05, 3.63) is 34.9 Å². The maximum atomic E-state index is 14.5. The van der Waals surface area contributed by atoms with E-state index in [-0.39, 0.29) is 43.7 Å².